The standard InChI is InChI=1S/C11H16ClFN2.ClH/c12-10-5-4-8(13)7-9(10)11(15)3-1-2-6-14;/h4-5,7,11H,1-3,6,14-15H2;1H/t11-;/m0./s1. The minimum atomic E-state index is -0.302. The molecule has 1 atom stereocenters. The molecule has 0 amide bonds. The highest BCUT2D eigenvalue weighted by molar-refractivity contribution is 6.31. The number of nitrogens with two attached hydrogens (primary N) is 2. The van der Waals surface area contributed by atoms with Crippen LogP contribution in [0.4, 0.5) is 4.39 Å². The predicted molar refractivity (Wildman–Crippen MR) is 68.5 cm³/mol. The van der Waals surface area contributed by atoms with Crippen LogP contribution in [0.3, 0.4) is 0 Å². The molecule has 0 aliphatic rings. The second kappa shape index (κ2) is 7.85. The Morgan fingerprint density at radius 1 is 1.31 bits per heavy atom. The highest BCUT2D eigenvalue weighted by atomic mass is 35.5. The van der Waals surface area contributed by atoms with Crippen molar-refractivity contribution in [1.29, 1.82) is 0 Å². The third-order valence-corrected chi connectivity index (χ3v) is 2.67. The SMILES string of the molecule is Cl.NCCCC[C@H](N)c1cc(F)ccc1Cl. The van der Waals surface area contributed by atoms with Gasteiger partial charge in [0.2, 0.25) is 0 Å². The van der Waals surface area contributed by atoms with E-state index in [1.807, 2.05) is 0 Å². The third-order valence-electron chi connectivity index (χ3n) is 2.33. The highest BCUT2D eigenvalue weighted by Crippen LogP contribution is 2.25. The number of unbranched alkanes of at least 4 members (excludes halogenated alkanes) is 1. The van der Waals surface area contributed by atoms with Crippen molar-refractivity contribution in [2.75, 3.05) is 6.54 Å². The van der Waals surface area contributed by atoms with Crippen molar-refractivity contribution in [3.8, 4) is 0 Å². The quantitative estimate of drug-likeness (QED) is 0.806. The summed E-state index contributed by atoms with van der Waals surface area (Å²) in [6.07, 6.45) is 2.64. The van der Waals surface area contributed by atoms with E-state index in [-0.39, 0.29) is 24.3 Å². The second-order valence-corrected chi connectivity index (χ2v) is 3.96. The summed E-state index contributed by atoms with van der Waals surface area (Å²) in [7, 11) is 0. The van der Waals surface area contributed by atoms with Crippen molar-refractivity contribution in [2.24, 2.45) is 11.5 Å². The lowest BCUT2D eigenvalue weighted by Gasteiger charge is -2.13. The summed E-state index contributed by atoms with van der Waals surface area (Å²) >= 11 is 5.93. The molecule has 0 spiro atoms. The van der Waals surface area contributed by atoms with Crippen LogP contribution in [0.2, 0.25) is 5.02 Å². The number of hydrogen-bond donors (Lipinski definition) is 2. The van der Waals surface area contributed by atoms with Gasteiger partial charge in [0, 0.05) is 11.1 Å². The van der Waals surface area contributed by atoms with Crippen molar-refractivity contribution < 1.29 is 4.39 Å². The van der Waals surface area contributed by atoms with Crippen LogP contribution in [0.5, 0.6) is 0 Å². The van der Waals surface area contributed by atoms with Crippen LogP contribution >= 0.6 is 24.0 Å². The van der Waals surface area contributed by atoms with Gasteiger partial charge in [0.15, 0.2) is 0 Å². The van der Waals surface area contributed by atoms with Crippen molar-refractivity contribution in [2.45, 2.75) is 25.3 Å². The molecule has 0 saturated carbocycles. The van der Waals surface area contributed by atoms with Gasteiger partial charge in [-0.1, -0.05) is 18.0 Å². The van der Waals surface area contributed by atoms with Gasteiger partial charge in [0.25, 0.3) is 0 Å². The van der Waals surface area contributed by atoms with Gasteiger partial charge in [0.1, 0.15) is 5.82 Å². The summed E-state index contributed by atoms with van der Waals surface area (Å²) in [5, 5.41) is 0.525. The van der Waals surface area contributed by atoms with Crippen molar-refractivity contribution in [1.82, 2.24) is 0 Å². The van der Waals surface area contributed by atoms with Crippen LogP contribution < -0.4 is 11.5 Å². The summed E-state index contributed by atoms with van der Waals surface area (Å²) in [6, 6.07) is 4.06. The molecule has 1 aromatic rings. The first-order valence-corrected chi connectivity index (χ1v) is 5.43. The van der Waals surface area contributed by atoms with Gasteiger partial charge in [-0.2, -0.15) is 0 Å². The zero-order valence-electron chi connectivity index (χ0n) is 8.96. The number of rotatable bonds is 5. The first kappa shape index (κ1) is 15.7. The first-order valence-electron chi connectivity index (χ1n) is 5.05. The Hall–Kier alpha value is -0.350. The highest BCUT2D eigenvalue weighted by Gasteiger charge is 2.10. The number of halogens is 3. The molecule has 0 aliphatic carbocycles. The molecule has 1 rings (SSSR count). The summed E-state index contributed by atoms with van der Waals surface area (Å²) in [6.45, 7) is 0.656. The van der Waals surface area contributed by atoms with Gasteiger partial charge in [-0.15, -0.1) is 12.4 Å². The summed E-state index contributed by atoms with van der Waals surface area (Å²) in [4.78, 5) is 0. The molecule has 0 aliphatic heterocycles. The maximum Gasteiger partial charge on any atom is 0.123 e. The lowest BCUT2D eigenvalue weighted by Crippen LogP contribution is -2.12. The Bertz CT molecular complexity index is 321. The molecule has 5 heteroatoms. The van der Waals surface area contributed by atoms with Crippen LogP contribution in [0.25, 0.3) is 0 Å². The summed E-state index contributed by atoms with van der Waals surface area (Å²) in [5.41, 5.74) is 12.0. The van der Waals surface area contributed by atoms with Gasteiger partial charge in [0.05, 0.1) is 0 Å². The molecule has 2 nitrogen and oxygen atoms in total. The Kier molecular flexibility index (Phi) is 7.68. The Morgan fingerprint density at radius 2 is 2.00 bits per heavy atom. The maximum atomic E-state index is 13.0. The maximum absolute atomic E-state index is 13.0. The van der Waals surface area contributed by atoms with E-state index in [0.717, 1.165) is 19.3 Å². The van der Waals surface area contributed by atoms with E-state index < -0.39 is 0 Å². The molecule has 0 radical (unpaired) electrons. The molecular formula is C11H17Cl2FN2. The minimum absolute atomic E-state index is 0. The van der Waals surface area contributed by atoms with Gasteiger partial charge in [-0.3, -0.25) is 0 Å². The van der Waals surface area contributed by atoms with Crippen LogP contribution in [0, 0.1) is 5.82 Å². The fourth-order valence-electron chi connectivity index (χ4n) is 1.46. The lowest BCUT2D eigenvalue weighted by molar-refractivity contribution is 0.580. The largest absolute Gasteiger partial charge is 0.330 e. The zero-order chi connectivity index (χ0) is 11.3. The molecule has 0 fully saturated rings. The average molecular weight is 267 g/mol. The Labute approximate surface area is 107 Å². The molecule has 0 unspecified atom stereocenters. The molecule has 0 bridgehead atoms. The zero-order valence-corrected chi connectivity index (χ0v) is 10.5. The van der Waals surface area contributed by atoms with Gasteiger partial charge >= 0.3 is 0 Å². The molecule has 1 aromatic carbocycles. The molecule has 16 heavy (non-hydrogen) atoms. The first-order chi connectivity index (χ1) is 7.15. The third kappa shape index (κ3) is 4.66. The van der Waals surface area contributed by atoms with Crippen LogP contribution in [0.1, 0.15) is 30.9 Å². The van der Waals surface area contributed by atoms with E-state index in [0.29, 0.717) is 17.1 Å². The van der Waals surface area contributed by atoms with Crippen LogP contribution in [0.15, 0.2) is 18.2 Å². The van der Waals surface area contributed by atoms with Crippen LogP contribution in [-0.2, 0) is 0 Å². The fourth-order valence-corrected chi connectivity index (χ4v) is 1.72. The van der Waals surface area contributed by atoms with Gasteiger partial charge < -0.3 is 11.5 Å². The Morgan fingerprint density at radius 3 is 2.62 bits per heavy atom. The van der Waals surface area contributed by atoms with E-state index in [4.69, 9.17) is 23.1 Å². The van der Waals surface area contributed by atoms with Crippen molar-refractivity contribution in [3.63, 3.8) is 0 Å². The lowest BCUT2D eigenvalue weighted by atomic mass is 10.0. The topological polar surface area (TPSA) is 52.0 Å². The van der Waals surface area contributed by atoms with E-state index in [1.165, 1.54) is 18.2 Å². The smallest absolute Gasteiger partial charge is 0.123 e. The summed E-state index contributed by atoms with van der Waals surface area (Å²) in [5.74, 6) is -0.302. The molecule has 92 valence electrons. The Balaban J connectivity index is 0.00000225. The number of hydrogen-bond acceptors (Lipinski definition) is 2. The number of benzene rings is 1. The monoisotopic (exact) mass is 266 g/mol. The molecule has 4 N–H and O–H groups in total. The normalized spacial score (nSPS) is 12.0. The molecule has 0 saturated heterocycles. The minimum Gasteiger partial charge on any atom is -0.330 e. The van der Waals surface area contributed by atoms with E-state index in [9.17, 15) is 4.39 Å². The predicted octanol–water partition coefficient (Wildman–Crippen LogP) is 3.03. The van der Waals surface area contributed by atoms with Gasteiger partial charge in [-0.05, 0) is 43.1 Å². The van der Waals surface area contributed by atoms with Crippen molar-refractivity contribution >= 4 is 24.0 Å². The second-order valence-electron chi connectivity index (χ2n) is 3.56. The van der Waals surface area contributed by atoms with E-state index in [1.54, 1.807) is 0 Å². The average Bonchev–Trinajstić information content (AvgIpc) is 2.22. The van der Waals surface area contributed by atoms with Crippen LogP contribution in [-0.4, -0.2) is 6.54 Å². The van der Waals surface area contributed by atoms with E-state index in [2.05, 4.69) is 0 Å². The fraction of sp³-hybridized carbons (Fsp3) is 0.455. The van der Waals surface area contributed by atoms with Crippen molar-refractivity contribution in [3.05, 3.63) is 34.6 Å². The molecule has 0 heterocycles. The molecule has 0 aromatic heterocycles. The summed E-state index contributed by atoms with van der Waals surface area (Å²) < 4.78 is 13.0. The molecular weight excluding hydrogens is 250 g/mol. The van der Waals surface area contributed by atoms with Gasteiger partial charge in [-0.25, -0.2) is 4.39 Å². The van der Waals surface area contributed by atoms with E-state index >= 15 is 0 Å².